The van der Waals surface area contributed by atoms with E-state index in [1.165, 1.54) is 23.9 Å². The molecule has 14 aromatic carbocycles. The molecule has 0 aromatic heterocycles. The molecule has 5 nitrogen and oxygen atoms in total. The van der Waals surface area contributed by atoms with Crippen LogP contribution in [0.5, 0.6) is 0 Å². The van der Waals surface area contributed by atoms with E-state index < -0.39 is 30.9 Å². The number of nitrogens with zero attached hydrogens (tertiary/aromatic N) is 5. The summed E-state index contributed by atoms with van der Waals surface area (Å²) in [5, 5.41) is 0. The van der Waals surface area contributed by atoms with Crippen molar-refractivity contribution in [3.8, 4) is 22.3 Å². The Morgan fingerprint density at radius 1 is 0.305 bits per heavy atom. The van der Waals surface area contributed by atoms with Crippen LogP contribution in [0.2, 0.25) is 0 Å². The average molecular weight is 1240 g/mol. The summed E-state index contributed by atoms with van der Waals surface area (Å²) in [7, 11) is 0. The maximum Gasteiger partial charge on any atom is 0.252 e. The number of anilines is 15. The molecule has 0 fully saturated rings. The predicted octanol–water partition coefficient (Wildman–Crippen LogP) is 19.2. The molecule has 0 saturated carbocycles. The highest BCUT2D eigenvalue weighted by molar-refractivity contribution is 8.00. The minimum atomic E-state index is -0.828. The van der Waals surface area contributed by atoms with Gasteiger partial charge in [0.1, 0.15) is 11.6 Å². The van der Waals surface area contributed by atoms with Gasteiger partial charge in [0.15, 0.2) is 5.82 Å². The Bertz CT molecular complexity index is 5290. The van der Waals surface area contributed by atoms with E-state index in [0.717, 1.165) is 129 Å². The van der Waals surface area contributed by atoms with E-state index in [2.05, 4.69) is 256 Å². The van der Waals surface area contributed by atoms with Gasteiger partial charge in [-0.2, -0.15) is 0 Å². The third-order valence-corrected chi connectivity index (χ3v) is 20.2. The monoisotopic (exact) mass is 1240 g/mol. The lowest BCUT2D eigenvalue weighted by Crippen LogP contribution is -2.65. The molecule has 0 radical (unpaired) electrons. The quantitative estimate of drug-likeness (QED) is 0.119. The fraction of sp³-hybridized carbons (Fsp3) is 0. The smallest absolute Gasteiger partial charge is 0.252 e. The highest BCUT2D eigenvalue weighted by Crippen LogP contribution is 2.54. The summed E-state index contributed by atoms with van der Waals surface area (Å²) in [5.41, 5.74) is 21.2. The molecule has 0 unspecified atom stereocenters. The molecule has 0 spiro atoms. The Labute approximate surface area is 554 Å². The fourth-order valence-electron chi connectivity index (χ4n) is 15.1. The first-order valence-electron chi connectivity index (χ1n) is 32.0. The van der Waals surface area contributed by atoms with Gasteiger partial charge in [0.05, 0.1) is 28.4 Å². The first kappa shape index (κ1) is 56.1. The molecule has 448 valence electrons. The average Bonchev–Trinajstić information content (AvgIpc) is 0.686. The van der Waals surface area contributed by atoms with Gasteiger partial charge in [-0.05, 0) is 148 Å². The van der Waals surface area contributed by atoms with Crippen LogP contribution in [0.3, 0.4) is 0 Å². The molecule has 0 aliphatic carbocycles. The summed E-state index contributed by atoms with van der Waals surface area (Å²) in [6.07, 6.45) is 0. The molecule has 0 amide bonds. The van der Waals surface area contributed by atoms with Crippen molar-refractivity contribution in [2.45, 2.75) is 9.79 Å². The number of benzene rings is 14. The van der Waals surface area contributed by atoms with Crippen LogP contribution in [0.4, 0.5) is 98.5 Å². The van der Waals surface area contributed by atoms with Crippen molar-refractivity contribution in [3.63, 3.8) is 0 Å². The van der Waals surface area contributed by atoms with E-state index in [4.69, 9.17) is 0 Å². The van der Waals surface area contributed by atoms with Crippen LogP contribution in [-0.2, 0) is 0 Å². The molecule has 95 heavy (non-hydrogen) atoms. The third-order valence-electron chi connectivity index (χ3n) is 19.0. The standard InChI is InChI=1S/C84H54B2F3N5S/c87-57-47-48-75(70(88)49-57)94-77-51-62(90(58-31-11-3-12-32-58)59-33-13-4-14-34-59)50-76-80(77)85(66-41-21-25-45-73(66)92(76)61-37-17-6-18-38-61)68-54-69-84(82(89)83(68)94)95-79-53-63(91(60-35-15-5-16-36-60)71-43-23-19-39-64(71)55-27-7-1-8-28-55)52-78-81(79)86(69)67-42-22-26-46-74(67)93(78)72-44-24-20-40-65(72)56-29-9-2-10-30-56/h1-54H. The van der Waals surface area contributed by atoms with Crippen molar-refractivity contribution in [2.24, 2.45) is 0 Å². The Balaban J connectivity index is 0.940. The molecule has 14 aromatic rings. The van der Waals surface area contributed by atoms with E-state index in [-0.39, 0.29) is 11.4 Å². The van der Waals surface area contributed by atoms with Gasteiger partial charge in [-0.1, -0.05) is 230 Å². The Kier molecular flexibility index (Phi) is 13.5. The van der Waals surface area contributed by atoms with Crippen LogP contribution in [-0.4, -0.2) is 13.4 Å². The van der Waals surface area contributed by atoms with Crippen molar-refractivity contribution in [3.05, 3.63) is 345 Å². The molecule has 0 bridgehead atoms. The Hall–Kier alpha value is -11.7. The largest absolute Gasteiger partial charge is 0.311 e. The van der Waals surface area contributed by atoms with Crippen LogP contribution < -0.4 is 57.3 Å². The first-order valence-corrected chi connectivity index (χ1v) is 32.8. The van der Waals surface area contributed by atoms with Crippen molar-refractivity contribution in [1.29, 1.82) is 0 Å². The van der Waals surface area contributed by atoms with E-state index in [9.17, 15) is 0 Å². The summed E-state index contributed by atoms with van der Waals surface area (Å²) in [4.78, 5) is 12.3. The minimum absolute atomic E-state index is 0.0116. The van der Waals surface area contributed by atoms with E-state index >= 15 is 13.2 Å². The molecule has 18 rings (SSSR count). The minimum Gasteiger partial charge on any atom is -0.311 e. The van der Waals surface area contributed by atoms with Gasteiger partial charge in [0.2, 0.25) is 6.71 Å². The molecular weight excluding hydrogens is 1190 g/mol. The lowest BCUT2D eigenvalue weighted by atomic mass is 9.31. The maximum absolute atomic E-state index is 20.4. The number of halogens is 3. The fourth-order valence-corrected chi connectivity index (χ4v) is 16.3. The number of hydrogen-bond acceptors (Lipinski definition) is 6. The van der Waals surface area contributed by atoms with Gasteiger partial charge in [-0.25, -0.2) is 13.2 Å². The summed E-state index contributed by atoms with van der Waals surface area (Å²) < 4.78 is 53.8. The molecule has 0 atom stereocenters. The van der Waals surface area contributed by atoms with Gasteiger partial charge in [-0.15, -0.1) is 0 Å². The maximum atomic E-state index is 20.4. The van der Waals surface area contributed by atoms with E-state index in [0.29, 0.717) is 16.0 Å². The third kappa shape index (κ3) is 9.13. The number of fused-ring (bicyclic) bond motifs is 8. The van der Waals surface area contributed by atoms with Crippen LogP contribution in [0.15, 0.2) is 337 Å². The second kappa shape index (κ2) is 22.9. The van der Waals surface area contributed by atoms with Crippen molar-refractivity contribution < 1.29 is 13.2 Å². The van der Waals surface area contributed by atoms with Gasteiger partial charge in [-0.3, -0.25) is 0 Å². The Morgan fingerprint density at radius 2 is 0.768 bits per heavy atom. The molecule has 0 saturated heterocycles. The topological polar surface area (TPSA) is 16.2 Å². The zero-order chi connectivity index (χ0) is 63.3. The number of para-hydroxylation sites is 8. The number of hydrogen-bond donors (Lipinski definition) is 0. The van der Waals surface area contributed by atoms with Crippen molar-refractivity contribution in [2.75, 3.05) is 24.5 Å². The second-order valence-corrected chi connectivity index (χ2v) is 25.3. The summed E-state index contributed by atoms with van der Waals surface area (Å²) in [5.74, 6) is -2.07. The molecule has 0 N–H and O–H groups in total. The molecule has 4 heterocycles. The van der Waals surface area contributed by atoms with Crippen LogP contribution in [0.1, 0.15) is 0 Å². The lowest BCUT2D eigenvalue weighted by Gasteiger charge is -2.46. The number of rotatable bonds is 11. The summed E-state index contributed by atoms with van der Waals surface area (Å²) in [6.45, 7) is -1.07. The van der Waals surface area contributed by atoms with Crippen LogP contribution >= 0.6 is 11.8 Å². The molecule has 4 aliphatic rings. The van der Waals surface area contributed by atoms with Gasteiger partial charge < -0.3 is 24.5 Å². The van der Waals surface area contributed by atoms with Gasteiger partial charge >= 0.3 is 0 Å². The zero-order valence-corrected chi connectivity index (χ0v) is 51.9. The summed E-state index contributed by atoms with van der Waals surface area (Å²) in [6, 6.07) is 111. The van der Waals surface area contributed by atoms with Crippen LogP contribution in [0.25, 0.3) is 22.3 Å². The van der Waals surface area contributed by atoms with Crippen molar-refractivity contribution >= 4 is 143 Å². The molecule has 4 aliphatic heterocycles. The lowest BCUT2D eigenvalue weighted by molar-refractivity contribution is 0.582. The second-order valence-electron chi connectivity index (χ2n) is 24.3. The molecular formula is C84H54B2F3N5S. The first-order chi connectivity index (χ1) is 46.9. The van der Waals surface area contributed by atoms with Gasteiger partial charge in [0.25, 0.3) is 6.71 Å². The van der Waals surface area contributed by atoms with Gasteiger partial charge in [0, 0.05) is 83.9 Å². The molecule has 11 heteroatoms. The normalized spacial score (nSPS) is 12.9. The van der Waals surface area contributed by atoms with E-state index in [1.54, 1.807) is 4.90 Å². The summed E-state index contributed by atoms with van der Waals surface area (Å²) >= 11 is 1.42. The van der Waals surface area contributed by atoms with Crippen LogP contribution in [0, 0.1) is 17.5 Å². The SMILES string of the molecule is Fc1ccc(N2c3cc(N(c4ccccc4)c4ccccc4)cc4c3B(c3ccccc3N4c3ccccc3)c3cc4c(c(F)c32)Sc2cc(N(c3ccccc3)c3ccccc3-c3ccccc3)cc3c2B4c2ccccc2N3c2ccccc2-c2ccccc2)c(F)c1. The van der Waals surface area contributed by atoms with E-state index in [1.807, 2.05) is 72.8 Å². The highest BCUT2D eigenvalue weighted by atomic mass is 32.2. The predicted molar refractivity (Wildman–Crippen MR) is 390 cm³/mol. The zero-order valence-electron chi connectivity index (χ0n) is 51.1. The van der Waals surface area contributed by atoms with Crippen molar-refractivity contribution in [1.82, 2.24) is 0 Å². The Morgan fingerprint density at radius 3 is 1.38 bits per heavy atom. The highest BCUT2D eigenvalue weighted by Gasteiger charge is 2.50.